The van der Waals surface area contributed by atoms with Crippen molar-refractivity contribution in [1.29, 1.82) is 0 Å². The van der Waals surface area contributed by atoms with Crippen molar-refractivity contribution in [3.63, 3.8) is 0 Å². The Balaban J connectivity index is 1.53. The monoisotopic (exact) mass is 377 g/mol. The smallest absolute Gasteiger partial charge is 0.186 e. The van der Waals surface area contributed by atoms with E-state index < -0.39 is 0 Å². The predicted molar refractivity (Wildman–Crippen MR) is 103 cm³/mol. The molecule has 0 amide bonds. The molecule has 2 fully saturated rings. The zero-order valence-corrected chi connectivity index (χ0v) is 16.4. The van der Waals surface area contributed by atoms with Crippen LogP contribution in [0.3, 0.4) is 0 Å². The highest BCUT2D eigenvalue weighted by molar-refractivity contribution is 7.19. The van der Waals surface area contributed by atoms with Crippen molar-refractivity contribution in [1.82, 2.24) is 19.4 Å². The molecule has 2 aromatic heterocycles. The van der Waals surface area contributed by atoms with Gasteiger partial charge in [-0.1, -0.05) is 11.3 Å². The Morgan fingerprint density at radius 1 is 1.12 bits per heavy atom. The summed E-state index contributed by atoms with van der Waals surface area (Å²) in [4.78, 5) is 15.3. The van der Waals surface area contributed by atoms with Crippen LogP contribution in [0.5, 0.6) is 0 Å². The molecule has 142 valence electrons. The Bertz CT molecular complexity index is 719. The van der Waals surface area contributed by atoms with E-state index in [1.54, 1.807) is 11.3 Å². The Kier molecular flexibility index (Phi) is 5.54. The molecule has 0 unspecified atom stereocenters. The first kappa shape index (κ1) is 17.9. The van der Waals surface area contributed by atoms with E-state index in [-0.39, 0.29) is 0 Å². The van der Waals surface area contributed by atoms with Crippen LogP contribution in [0.25, 0.3) is 10.6 Å². The summed E-state index contributed by atoms with van der Waals surface area (Å²) in [6.45, 7) is 12.5. The summed E-state index contributed by atoms with van der Waals surface area (Å²) in [7, 11) is 0. The summed E-state index contributed by atoms with van der Waals surface area (Å²) in [5.74, 6) is 0. The average Bonchev–Trinajstić information content (AvgIpc) is 3.30. The summed E-state index contributed by atoms with van der Waals surface area (Å²) in [6, 6.07) is 0.360. The summed E-state index contributed by atoms with van der Waals surface area (Å²) in [5.41, 5.74) is 2.25. The molecule has 0 aliphatic carbocycles. The van der Waals surface area contributed by atoms with Crippen LogP contribution in [0.15, 0.2) is 12.5 Å². The fourth-order valence-electron chi connectivity index (χ4n) is 3.59. The molecule has 26 heavy (non-hydrogen) atoms. The van der Waals surface area contributed by atoms with E-state index in [9.17, 15) is 0 Å². The number of hydrogen-bond acceptors (Lipinski definition) is 7. The van der Waals surface area contributed by atoms with Gasteiger partial charge in [0.25, 0.3) is 0 Å². The second-order valence-electron chi connectivity index (χ2n) is 6.96. The molecule has 2 saturated heterocycles. The molecule has 8 heteroatoms. The molecule has 7 nitrogen and oxygen atoms in total. The van der Waals surface area contributed by atoms with E-state index in [2.05, 4.69) is 33.2 Å². The van der Waals surface area contributed by atoms with Crippen LogP contribution in [0.4, 0.5) is 5.13 Å². The normalized spacial score (nSPS) is 20.5. The number of nitrogens with zero attached hydrogens (tertiary/aromatic N) is 5. The second-order valence-corrected chi connectivity index (χ2v) is 7.94. The first-order valence-electron chi connectivity index (χ1n) is 9.35. The number of imidazole rings is 1. The van der Waals surface area contributed by atoms with Gasteiger partial charge in [-0.05, 0) is 13.8 Å². The molecule has 0 radical (unpaired) electrons. The third-order valence-electron chi connectivity index (χ3n) is 5.07. The van der Waals surface area contributed by atoms with Gasteiger partial charge >= 0.3 is 0 Å². The van der Waals surface area contributed by atoms with E-state index in [4.69, 9.17) is 14.5 Å². The molecule has 0 aromatic carbocycles. The number of aryl methyl sites for hydroxylation is 1. The van der Waals surface area contributed by atoms with Crippen LogP contribution in [-0.2, 0) is 9.47 Å². The minimum Gasteiger partial charge on any atom is -0.379 e. The summed E-state index contributed by atoms with van der Waals surface area (Å²) in [6.07, 6.45) is 3.92. The Labute approximate surface area is 158 Å². The van der Waals surface area contributed by atoms with Crippen molar-refractivity contribution in [3.8, 4) is 10.6 Å². The lowest BCUT2D eigenvalue weighted by Gasteiger charge is -2.30. The van der Waals surface area contributed by atoms with E-state index >= 15 is 0 Å². The third-order valence-corrected chi connectivity index (χ3v) is 6.31. The van der Waals surface area contributed by atoms with Crippen LogP contribution >= 0.6 is 11.3 Å². The van der Waals surface area contributed by atoms with Crippen LogP contribution < -0.4 is 4.90 Å². The van der Waals surface area contributed by atoms with Crippen molar-refractivity contribution < 1.29 is 9.47 Å². The lowest BCUT2D eigenvalue weighted by molar-refractivity contribution is 0.0326. The molecular formula is C18H27N5O2S. The fraction of sp³-hybridized carbons (Fsp3) is 0.667. The molecule has 0 bridgehead atoms. The number of thiazole rings is 1. The highest BCUT2D eigenvalue weighted by atomic mass is 32.1. The van der Waals surface area contributed by atoms with E-state index in [1.165, 1.54) is 10.6 Å². The van der Waals surface area contributed by atoms with Crippen molar-refractivity contribution in [3.05, 3.63) is 18.2 Å². The lowest BCUT2D eigenvalue weighted by Crippen LogP contribution is -2.39. The summed E-state index contributed by atoms with van der Waals surface area (Å²) < 4.78 is 13.2. The standard InChI is InChI=1S/C18H27N5O2S/c1-14(12-21-3-7-24-8-4-21)23-13-19-11-16(23)17-15(2)20-18(26-17)22-5-9-25-10-6-22/h11,13-14H,3-10,12H2,1-2H3/t14-/m0/s1. The SMILES string of the molecule is Cc1nc(N2CCOCC2)sc1-c1cncn1[C@@H](C)CN1CCOCC1. The maximum absolute atomic E-state index is 5.46. The van der Waals surface area contributed by atoms with Crippen molar-refractivity contribution in [2.24, 2.45) is 0 Å². The number of morpholine rings is 2. The fourth-order valence-corrected chi connectivity index (χ4v) is 4.72. The van der Waals surface area contributed by atoms with Gasteiger partial charge in [-0.25, -0.2) is 9.97 Å². The van der Waals surface area contributed by atoms with E-state index in [1.807, 2.05) is 12.5 Å². The maximum atomic E-state index is 5.46. The van der Waals surface area contributed by atoms with E-state index in [0.29, 0.717) is 6.04 Å². The zero-order valence-electron chi connectivity index (χ0n) is 15.6. The Morgan fingerprint density at radius 3 is 2.54 bits per heavy atom. The van der Waals surface area contributed by atoms with Gasteiger partial charge in [-0.3, -0.25) is 4.90 Å². The van der Waals surface area contributed by atoms with Gasteiger partial charge in [0, 0.05) is 38.8 Å². The van der Waals surface area contributed by atoms with Gasteiger partial charge in [0.2, 0.25) is 0 Å². The molecule has 2 aromatic rings. The van der Waals surface area contributed by atoms with Crippen LogP contribution in [0.2, 0.25) is 0 Å². The maximum Gasteiger partial charge on any atom is 0.186 e. The molecule has 0 N–H and O–H groups in total. The molecule has 2 aliphatic rings. The van der Waals surface area contributed by atoms with Gasteiger partial charge in [-0.15, -0.1) is 0 Å². The number of aromatic nitrogens is 3. The van der Waals surface area contributed by atoms with Crippen LogP contribution in [-0.4, -0.2) is 78.6 Å². The van der Waals surface area contributed by atoms with Crippen molar-refractivity contribution in [2.45, 2.75) is 19.9 Å². The summed E-state index contributed by atoms with van der Waals surface area (Å²) in [5, 5.41) is 1.09. The lowest BCUT2D eigenvalue weighted by atomic mass is 10.2. The Morgan fingerprint density at radius 2 is 1.81 bits per heavy atom. The first-order valence-corrected chi connectivity index (χ1v) is 10.2. The topological polar surface area (TPSA) is 55.7 Å². The largest absolute Gasteiger partial charge is 0.379 e. The van der Waals surface area contributed by atoms with Gasteiger partial charge in [0.1, 0.15) is 0 Å². The van der Waals surface area contributed by atoms with Crippen molar-refractivity contribution in [2.75, 3.05) is 64.1 Å². The summed E-state index contributed by atoms with van der Waals surface area (Å²) >= 11 is 1.77. The number of rotatable bonds is 5. The zero-order chi connectivity index (χ0) is 17.9. The number of anilines is 1. The van der Waals surface area contributed by atoms with Crippen LogP contribution in [0.1, 0.15) is 18.7 Å². The van der Waals surface area contributed by atoms with E-state index in [0.717, 1.165) is 70.0 Å². The molecule has 2 aliphatic heterocycles. The second kappa shape index (κ2) is 8.04. The number of ether oxygens (including phenoxy) is 2. The van der Waals surface area contributed by atoms with Gasteiger partial charge in [0.15, 0.2) is 5.13 Å². The molecule has 4 heterocycles. The highest BCUT2D eigenvalue weighted by Crippen LogP contribution is 2.35. The molecule has 0 spiro atoms. The minimum absolute atomic E-state index is 0.360. The average molecular weight is 378 g/mol. The Hall–Kier alpha value is -1.48. The van der Waals surface area contributed by atoms with Gasteiger partial charge in [-0.2, -0.15) is 0 Å². The molecule has 0 saturated carbocycles. The van der Waals surface area contributed by atoms with Gasteiger partial charge in [0.05, 0.1) is 55.2 Å². The van der Waals surface area contributed by atoms with Crippen LogP contribution in [0, 0.1) is 6.92 Å². The van der Waals surface area contributed by atoms with Gasteiger partial charge < -0.3 is 18.9 Å². The molecule has 1 atom stereocenters. The third kappa shape index (κ3) is 3.78. The highest BCUT2D eigenvalue weighted by Gasteiger charge is 2.22. The number of hydrogen-bond donors (Lipinski definition) is 0. The molecule has 4 rings (SSSR count). The molecular weight excluding hydrogens is 350 g/mol. The minimum atomic E-state index is 0.360. The quantitative estimate of drug-likeness (QED) is 0.795. The van der Waals surface area contributed by atoms with Crippen molar-refractivity contribution >= 4 is 16.5 Å². The predicted octanol–water partition coefficient (Wildman–Crippen LogP) is 2.04. The first-order chi connectivity index (χ1) is 12.7.